The summed E-state index contributed by atoms with van der Waals surface area (Å²) in [6, 6.07) is 11.5. The molecule has 0 spiro atoms. The Labute approximate surface area is 191 Å². The van der Waals surface area contributed by atoms with Gasteiger partial charge < -0.3 is 19.9 Å². The Kier molecular flexibility index (Phi) is 5.41. The molecular weight excluding hydrogens is 428 g/mol. The van der Waals surface area contributed by atoms with Crippen molar-refractivity contribution in [3.05, 3.63) is 58.1 Å². The predicted octanol–water partition coefficient (Wildman–Crippen LogP) is 2.49. The summed E-state index contributed by atoms with van der Waals surface area (Å²) < 4.78 is 2.05. The lowest BCUT2D eigenvalue weighted by molar-refractivity contribution is 0.0615. The van der Waals surface area contributed by atoms with Crippen LogP contribution in [-0.2, 0) is 13.6 Å². The first-order chi connectivity index (χ1) is 15.5. The van der Waals surface area contributed by atoms with E-state index in [2.05, 4.69) is 10.2 Å². The van der Waals surface area contributed by atoms with E-state index in [1.165, 1.54) is 0 Å². The summed E-state index contributed by atoms with van der Waals surface area (Å²) in [5, 5.41) is 13.5. The monoisotopic (exact) mass is 452 g/mol. The van der Waals surface area contributed by atoms with Gasteiger partial charge in [0.2, 0.25) is 0 Å². The largest absolute Gasteiger partial charge is 0.395 e. The van der Waals surface area contributed by atoms with Crippen LogP contribution in [0.3, 0.4) is 0 Å². The van der Waals surface area contributed by atoms with Gasteiger partial charge in [0.25, 0.3) is 11.8 Å². The molecule has 0 atom stereocenters. The van der Waals surface area contributed by atoms with Crippen molar-refractivity contribution in [3.8, 4) is 11.3 Å². The van der Waals surface area contributed by atoms with Crippen molar-refractivity contribution in [3.63, 3.8) is 0 Å². The molecule has 0 radical (unpaired) electrons. The van der Waals surface area contributed by atoms with Crippen LogP contribution < -0.4 is 5.32 Å². The van der Waals surface area contributed by atoms with E-state index < -0.39 is 0 Å². The number of halogens is 1. The van der Waals surface area contributed by atoms with E-state index in [9.17, 15) is 9.59 Å². The number of hydrogen-bond acceptors (Lipinski definition) is 4. The third-order valence-electron chi connectivity index (χ3n) is 6.55. The van der Waals surface area contributed by atoms with Gasteiger partial charge in [0.15, 0.2) is 0 Å². The van der Waals surface area contributed by atoms with Crippen LogP contribution >= 0.6 is 11.6 Å². The van der Waals surface area contributed by atoms with Crippen LogP contribution in [0.5, 0.6) is 0 Å². The van der Waals surface area contributed by atoms with Gasteiger partial charge in [-0.2, -0.15) is 0 Å². The van der Waals surface area contributed by atoms with Crippen molar-refractivity contribution in [1.29, 1.82) is 0 Å². The van der Waals surface area contributed by atoms with E-state index in [0.29, 0.717) is 42.3 Å². The van der Waals surface area contributed by atoms with Crippen molar-refractivity contribution in [2.75, 3.05) is 39.3 Å². The quantitative estimate of drug-likeness (QED) is 0.637. The average molecular weight is 453 g/mol. The SMILES string of the molecule is Cn1c(-c2ccc(Cl)c3c2C(=O)NC3)cc2cc(C(=O)N3CCN(CCO)CC3)ccc21. The molecule has 3 aromatic rings. The molecule has 5 rings (SSSR count). The molecule has 2 N–H and O–H groups in total. The van der Waals surface area contributed by atoms with Crippen LogP contribution in [0.2, 0.25) is 5.02 Å². The molecule has 1 aromatic heterocycles. The molecule has 32 heavy (non-hydrogen) atoms. The third-order valence-corrected chi connectivity index (χ3v) is 6.90. The fraction of sp³-hybridized carbons (Fsp3) is 0.333. The predicted molar refractivity (Wildman–Crippen MR) is 124 cm³/mol. The van der Waals surface area contributed by atoms with Crippen LogP contribution in [0.1, 0.15) is 26.3 Å². The number of benzene rings is 2. The van der Waals surface area contributed by atoms with Gasteiger partial charge in [0.05, 0.1) is 12.2 Å². The van der Waals surface area contributed by atoms with Crippen molar-refractivity contribution in [2.24, 2.45) is 7.05 Å². The van der Waals surface area contributed by atoms with Crippen LogP contribution in [0, 0.1) is 0 Å². The van der Waals surface area contributed by atoms with Crippen LogP contribution in [0.4, 0.5) is 0 Å². The lowest BCUT2D eigenvalue weighted by Crippen LogP contribution is -2.49. The van der Waals surface area contributed by atoms with Gasteiger partial charge in [0.1, 0.15) is 0 Å². The Hall–Kier alpha value is -2.87. The smallest absolute Gasteiger partial charge is 0.253 e. The summed E-state index contributed by atoms with van der Waals surface area (Å²) in [5.74, 6) is -0.0910. The number of amides is 2. The minimum Gasteiger partial charge on any atom is -0.395 e. The van der Waals surface area contributed by atoms with Gasteiger partial charge in [-0.25, -0.2) is 0 Å². The summed E-state index contributed by atoms with van der Waals surface area (Å²) in [6.07, 6.45) is 0. The fourth-order valence-corrected chi connectivity index (χ4v) is 4.99. The molecule has 166 valence electrons. The topological polar surface area (TPSA) is 77.8 Å². The second-order valence-corrected chi connectivity index (χ2v) is 8.76. The fourth-order valence-electron chi connectivity index (χ4n) is 4.76. The zero-order valence-corrected chi connectivity index (χ0v) is 18.7. The number of carbonyl (C=O) groups is 2. The molecule has 0 bridgehead atoms. The number of rotatable bonds is 4. The first-order valence-corrected chi connectivity index (χ1v) is 11.2. The van der Waals surface area contributed by atoms with E-state index in [4.69, 9.17) is 16.7 Å². The van der Waals surface area contributed by atoms with Crippen molar-refractivity contribution < 1.29 is 14.7 Å². The first-order valence-electron chi connectivity index (χ1n) is 10.8. The highest BCUT2D eigenvalue weighted by Crippen LogP contribution is 2.36. The molecule has 1 saturated heterocycles. The minimum absolute atomic E-state index is 0.0210. The maximum absolute atomic E-state index is 13.1. The maximum Gasteiger partial charge on any atom is 0.253 e. The molecule has 2 aliphatic rings. The molecule has 0 aliphatic carbocycles. The number of nitrogens with zero attached hydrogens (tertiary/aromatic N) is 3. The molecule has 2 aromatic carbocycles. The number of aryl methyl sites for hydroxylation is 1. The normalized spacial score (nSPS) is 16.5. The van der Waals surface area contributed by atoms with Crippen LogP contribution in [0.15, 0.2) is 36.4 Å². The van der Waals surface area contributed by atoms with E-state index >= 15 is 0 Å². The Morgan fingerprint density at radius 3 is 2.66 bits per heavy atom. The zero-order chi connectivity index (χ0) is 22.4. The van der Waals surface area contributed by atoms with Gasteiger partial charge in [-0.05, 0) is 30.3 Å². The molecule has 7 nitrogen and oxygen atoms in total. The molecule has 2 aliphatic heterocycles. The number of aliphatic hydroxyl groups is 1. The van der Waals surface area contributed by atoms with Gasteiger partial charge in [0, 0.05) is 84.6 Å². The van der Waals surface area contributed by atoms with Crippen molar-refractivity contribution >= 4 is 34.3 Å². The maximum atomic E-state index is 13.1. The number of aliphatic hydroxyl groups excluding tert-OH is 1. The molecule has 0 saturated carbocycles. The van der Waals surface area contributed by atoms with Gasteiger partial charge in [-0.15, -0.1) is 0 Å². The van der Waals surface area contributed by atoms with Crippen LogP contribution in [0.25, 0.3) is 22.2 Å². The Balaban J connectivity index is 1.47. The second kappa shape index (κ2) is 8.24. The number of carbonyl (C=O) groups excluding carboxylic acids is 2. The van der Waals surface area contributed by atoms with E-state index in [-0.39, 0.29) is 18.4 Å². The summed E-state index contributed by atoms with van der Waals surface area (Å²) in [7, 11) is 1.97. The number of hydrogen-bond donors (Lipinski definition) is 2. The standard InChI is InChI=1S/C24H25ClN4O3/c1-27-20-5-2-15(24(32)29-8-6-28(7-9-29)10-11-30)12-16(20)13-21(27)17-3-4-19(25)18-14-26-23(31)22(17)18/h2-5,12-13,30H,6-11,14H2,1H3,(H,26,31). The number of piperazine rings is 1. The van der Waals surface area contributed by atoms with Crippen LogP contribution in [-0.4, -0.2) is 70.6 Å². The number of fused-ring (bicyclic) bond motifs is 2. The molecular formula is C24H25ClN4O3. The van der Waals surface area contributed by atoms with Gasteiger partial charge in [-0.3, -0.25) is 14.5 Å². The Morgan fingerprint density at radius 2 is 1.91 bits per heavy atom. The molecule has 2 amide bonds. The molecule has 8 heteroatoms. The first kappa shape index (κ1) is 21.0. The highest BCUT2D eigenvalue weighted by molar-refractivity contribution is 6.32. The highest BCUT2D eigenvalue weighted by Gasteiger charge is 2.27. The van der Waals surface area contributed by atoms with E-state index in [1.54, 1.807) is 0 Å². The lowest BCUT2D eigenvalue weighted by atomic mass is 10.00. The number of β-amino-alcohol motifs (C(OH)–C–C–N with tert-alkyl or cyclic N) is 1. The Morgan fingerprint density at radius 1 is 1.12 bits per heavy atom. The van der Waals surface area contributed by atoms with Gasteiger partial charge in [-0.1, -0.05) is 17.7 Å². The number of aromatic nitrogens is 1. The van der Waals surface area contributed by atoms with Crippen molar-refractivity contribution in [1.82, 2.24) is 19.7 Å². The highest BCUT2D eigenvalue weighted by atomic mass is 35.5. The molecule has 3 heterocycles. The average Bonchev–Trinajstić information content (AvgIpc) is 3.35. The zero-order valence-electron chi connectivity index (χ0n) is 17.9. The molecule has 0 unspecified atom stereocenters. The Bertz CT molecular complexity index is 1230. The molecule has 1 fully saturated rings. The summed E-state index contributed by atoms with van der Waals surface area (Å²) in [4.78, 5) is 29.6. The third kappa shape index (κ3) is 3.46. The van der Waals surface area contributed by atoms with Gasteiger partial charge >= 0.3 is 0 Å². The lowest BCUT2D eigenvalue weighted by Gasteiger charge is -2.34. The minimum atomic E-state index is -0.112. The van der Waals surface area contributed by atoms with E-state index in [0.717, 1.165) is 40.8 Å². The van der Waals surface area contributed by atoms with E-state index in [1.807, 2.05) is 52.9 Å². The summed E-state index contributed by atoms with van der Waals surface area (Å²) in [5.41, 5.74) is 4.85. The van der Waals surface area contributed by atoms with Crippen molar-refractivity contribution in [2.45, 2.75) is 6.54 Å². The summed E-state index contributed by atoms with van der Waals surface area (Å²) >= 11 is 6.31. The number of nitrogens with one attached hydrogen (secondary N) is 1. The summed E-state index contributed by atoms with van der Waals surface area (Å²) in [6.45, 7) is 4.08. The second-order valence-electron chi connectivity index (χ2n) is 8.35.